The summed E-state index contributed by atoms with van der Waals surface area (Å²) < 4.78 is 70.4. The summed E-state index contributed by atoms with van der Waals surface area (Å²) in [5, 5.41) is 19.1. The van der Waals surface area contributed by atoms with E-state index in [1.54, 1.807) is 0 Å². The molecular formula is C13H15F5O3. The van der Waals surface area contributed by atoms with Gasteiger partial charge in [0.15, 0.2) is 5.60 Å². The molecule has 0 amide bonds. The third-order valence-corrected chi connectivity index (χ3v) is 3.33. The maximum Gasteiger partial charge on any atom is 0.456 e. The van der Waals surface area contributed by atoms with E-state index in [0.717, 1.165) is 19.1 Å². The second-order valence-corrected chi connectivity index (χ2v) is 4.65. The second-order valence-electron chi connectivity index (χ2n) is 4.65. The molecule has 8 heteroatoms. The highest BCUT2D eigenvalue weighted by Crippen LogP contribution is 2.52. The molecule has 1 aromatic rings. The minimum Gasteiger partial charge on any atom is -0.497 e. The highest BCUT2D eigenvalue weighted by atomic mass is 19.4. The van der Waals surface area contributed by atoms with Gasteiger partial charge in [0.2, 0.25) is 0 Å². The molecule has 1 rings (SSSR count). The van der Waals surface area contributed by atoms with Crippen LogP contribution in [0.4, 0.5) is 22.0 Å². The van der Waals surface area contributed by atoms with Gasteiger partial charge in [-0.25, -0.2) is 0 Å². The zero-order chi connectivity index (χ0) is 16.5. The van der Waals surface area contributed by atoms with Crippen LogP contribution in [0, 0.1) is 5.92 Å². The number of hydrogen-bond acceptors (Lipinski definition) is 3. The minimum absolute atomic E-state index is 0.00837. The lowest BCUT2D eigenvalue weighted by molar-refractivity contribution is -0.357. The van der Waals surface area contributed by atoms with E-state index in [0.29, 0.717) is 0 Å². The number of ether oxygens (including phenoxy) is 1. The molecule has 3 nitrogen and oxygen atoms in total. The predicted octanol–water partition coefficient (Wildman–Crippen LogP) is 2.71. The van der Waals surface area contributed by atoms with Crippen LogP contribution in [-0.2, 0) is 5.60 Å². The number of alkyl halides is 5. The van der Waals surface area contributed by atoms with Crippen molar-refractivity contribution in [3.8, 4) is 5.75 Å². The Bertz CT molecular complexity index is 489. The first-order chi connectivity index (χ1) is 9.52. The van der Waals surface area contributed by atoms with Gasteiger partial charge in [-0.15, -0.1) is 0 Å². The van der Waals surface area contributed by atoms with Crippen LogP contribution in [-0.4, -0.2) is 36.0 Å². The van der Waals surface area contributed by atoms with Crippen LogP contribution in [0.3, 0.4) is 0 Å². The summed E-state index contributed by atoms with van der Waals surface area (Å²) in [6.45, 7) is -0.154. The third-order valence-electron chi connectivity index (χ3n) is 3.33. The fourth-order valence-corrected chi connectivity index (χ4v) is 1.98. The fraction of sp³-hybridized carbons (Fsp3) is 0.538. The summed E-state index contributed by atoms with van der Waals surface area (Å²) >= 11 is 0. The van der Waals surface area contributed by atoms with Crippen molar-refractivity contribution in [3.63, 3.8) is 0 Å². The van der Waals surface area contributed by atoms with Gasteiger partial charge in [-0.1, -0.05) is 19.1 Å². The molecule has 0 unspecified atom stereocenters. The number of benzene rings is 1. The quantitative estimate of drug-likeness (QED) is 0.822. The van der Waals surface area contributed by atoms with Crippen molar-refractivity contribution in [3.05, 3.63) is 29.8 Å². The minimum atomic E-state index is -5.98. The standard InChI is InChI=1S/C13H15F5O3/c1-8(7-19)11(20,12(14,15)13(16,17)18)9-4-3-5-10(6-9)21-2/h3-6,8,19-20H,7H2,1-2H3/t8-,11+/m1/s1. The number of methoxy groups -OCH3 is 1. The van der Waals surface area contributed by atoms with E-state index in [1.165, 1.54) is 19.2 Å². The van der Waals surface area contributed by atoms with Gasteiger partial charge in [0.05, 0.1) is 7.11 Å². The Kier molecular flexibility index (Phi) is 4.84. The van der Waals surface area contributed by atoms with Crippen molar-refractivity contribution in [1.29, 1.82) is 0 Å². The topological polar surface area (TPSA) is 49.7 Å². The van der Waals surface area contributed by atoms with Crippen molar-refractivity contribution in [2.75, 3.05) is 13.7 Å². The van der Waals surface area contributed by atoms with E-state index >= 15 is 0 Å². The number of aliphatic hydroxyl groups excluding tert-OH is 1. The molecule has 0 saturated carbocycles. The van der Waals surface area contributed by atoms with Crippen LogP contribution < -0.4 is 4.74 Å². The molecule has 0 aliphatic rings. The normalized spacial score (nSPS) is 17.2. The summed E-state index contributed by atoms with van der Waals surface area (Å²) in [6.07, 6.45) is -5.98. The second kappa shape index (κ2) is 5.76. The molecule has 0 fully saturated rings. The average molecular weight is 314 g/mol. The molecule has 0 heterocycles. The summed E-state index contributed by atoms with van der Waals surface area (Å²) in [7, 11) is 1.20. The maximum atomic E-state index is 13.8. The lowest BCUT2D eigenvalue weighted by Gasteiger charge is -2.40. The summed E-state index contributed by atoms with van der Waals surface area (Å²) in [4.78, 5) is 0. The molecule has 0 aliphatic heterocycles. The Balaban J connectivity index is 3.54. The molecule has 0 bridgehead atoms. The van der Waals surface area contributed by atoms with Gasteiger partial charge in [0.25, 0.3) is 0 Å². The van der Waals surface area contributed by atoms with Gasteiger partial charge < -0.3 is 14.9 Å². The number of halogens is 5. The zero-order valence-electron chi connectivity index (χ0n) is 11.3. The highest BCUT2D eigenvalue weighted by molar-refractivity contribution is 5.35. The molecule has 2 atom stereocenters. The Labute approximate surface area is 118 Å². The molecule has 1 aromatic carbocycles. The zero-order valence-corrected chi connectivity index (χ0v) is 11.3. The van der Waals surface area contributed by atoms with Crippen molar-refractivity contribution < 1.29 is 36.9 Å². The van der Waals surface area contributed by atoms with E-state index < -0.39 is 35.8 Å². The molecule has 0 aliphatic carbocycles. The molecule has 2 N–H and O–H groups in total. The van der Waals surface area contributed by atoms with Gasteiger partial charge in [-0.05, 0) is 17.7 Å². The lowest BCUT2D eigenvalue weighted by atomic mass is 9.77. The maximum absolute atomic E-state index is 13.8. The smallest absolute Gasteiger partial charge is 0.456 e. The lowest BCUT2D eigenvalue weighted by Crippen LogP contribution is -2.58. The van der Waals surface area contributed by atoms with Crippen molar-refractivity contribution in [1.82, 2.24) is 0 Å². The summed E-state index contributed by atoms with van der Waals surface area (Å²) in [5.74, 6) is -7.20. The van der Waals surface area contributed by atoms with E-state index in [-0.39, 0.29) is 5.75 Å². The van der Waals surface area contributed by atoms with Crippen LogP contribution in [0.2, 0.25) is 0 Å². The van der Waals surface area contributed by atoms with Gasteiger partial charge >= 0.3 is 12.1 Å². The van der Waals surface area contributed by atoms with Crippen molar-refractivity contribution in [2.45, 2.75) is 24.6 Å². The Morgan fingerprint density at radius 1 is 1.19 bits per heavy atom. The molecule has 0 saturated heterocycles. The van der Waals surface area contributed by atoms with E-state index in [4.69, 9.17) is 9.84 Å². The SMILES string of the molecule is COc1cccc([C@@](O)([C@H](C)CO)C(F)(F)C(F)(F)F)c1. The Morgan fingerprint density at radius 2 is 1.76 bits per heavy atom. The van der Waals surface area contributed by atoms with Crippen LogP contribution >= 0.6 is 0 Å². The molecule has 0 aromatic heterocycles. The van der Waals surface area contributed by atoms with Gasteiger partial charge in [0.1, 0.15) is 5.75 Å². The van der Waals surface area contributed by atoms with Crippen LogP contribution in [0.1, 0.15) is 12.5 Å². The monoisotopic (exact) mass is 314 g/mol. The fourth-order valence-electron chi connectivity index (χ4n) is 1.98. The van der Waals surface area contributed by atoms with Gasteiger partial charge in [-0.3, -0.25) is 0 Å². The molecule has 120 valence electrons. The molecule has 21 heavy (non-hydrogen) atoms. The summed E-state index contributed by atoms with van der Waals surface area (Å²) in [6, 6.07) is 4.31. The average Bonchev–Trinajstić information content (AvgIpc) is 2.44. The predicted molar refractivity (Wildman–Crippen MR) is 64.1 cm³/mol. The largest absolute Gasteiger partial charge is 0.497 e. The first-order valence-corrected chi connectivity index (χ1v) is 5.94. The molecular weight excluding hydrogens is 299 g/mol. The molecule has 0 radical (unpaired) electrons. The van der Waals surface area contributed by atoms with E-state index in [2.05, 4.69) is 0 Å². The third kappa shape index (κ3) is 2.82. The Morgan fingerprint density at radius 3 is 2.19 bits per heavy atom. The van der Waals surface area contributed by atoms with Crippen LogP contribution in [0.25, 0.3) is 0 Å². The van der Waals surface area contributed by atoms with Crippen molar-refractivity contribution >= 4 is 0 Å². The first kappa shape index (κ1) is 17.6. The van der Waals surface area contributed by atoms with Crippen molar-refractivity contribution in [2.24, 2.45) is 5.92 Å². The molecule has 0 spiro atoms. The van der Waals surface area contributed by atoms with E-state index in [1.807, 2.05) is 0 Å². The van der Waals surface area contributed by atoms with Crippen LogP contribution in [0.5, 0.6) is 5.75 Å². The number of hydrogen-bond donors (Lipinski definition) is 2. The number of rotatable bonds is 5. The van der Waals surface area contributed by atoms with E-state index in [9.17, 15) is 27.1 Å². The van der Waals surface area contributed by atoms with Crippen LogP contribution in [0.15, 0.2) is 24.3 Å². The van der Waals surface area contributed by atoms with Gasteiger partial charge in [-0.2, -0.15) is 22.0 Å². The highest BCUT2D eigenvalue weighted by Gasteiger charge is 2.72. The first-order valence-electron chi connectivity index (χ1n) is 5.94. The summed E-state index contributed by atoms with van der Waals surface area (Å²) in [5.41, 5.74) is -4.31. The van der Waals surface area contributed by atoms with Gasteiger partial charge in [0, 0.05) is 12.5 Å². The Hall–Kier alpha value is -1.41. The number of aliphatic hydroxyl groups is 2.